The Morgan fingerprint density at radius 3 is 2.57 bits per heavy atom. The summed E-state index contributed by atoms with van der Waals surface area (Å²) >= 11 is 0. The van der Waals surface area contributed by atoms with Crippen LogP contribution in [0.3, 0.4) is 0 Å². The van der Waals surface area contributed by atoms with Crippen LogP contribution in [0.2, 0.25) is 0 Å². The van der Waals surface area contributed by atoms with Crippen molar-refractivity contribution in [3.63, 3.8) is 0 Å². The molecule has 0 aliphatic rings. The molecule has 2 nitrogen and oxygen atoms in total. The van der Waals surface area contributed by atoms with Crippen LogP contribution >= 0.6 is 0 Å². The molecule has 2 N–H and O–H groups in total. The lowest BCUT2D eigenvalue weighted by molar-refractivity contribution is 0.570. The van der Waals surface area contributed by atoms with Crippen LogP contribution in [0.15, 0.2) is 0 Å². The van der Waals surface area contributed by atoms with Gasteiger partial charge in [-0.15, -0.1) is 0 Å². The van der Waals surface area contributed by atoms with Crippen molar-refractivity contribution in [2.75, 3.05) is 13.6 Å². The van der Waals surface area contributed by atoms with Crippen LogP contribution in [-0.4, -0.2) is 13.6 Å². The van der Waals surface area contributed by atoms with Crippen LogP contribution < -0.4 is 10.9 Å². The van der Waals surface area contributed by atoms with Gasteiger partial charge in [-0.1, -0.05) is 13.3 Å². The summed E-state index contributed by atoms with van der Waals surface area (Å²) in [5.74, 6) is 0. The average Bonchev–Trinajstić information content (AvgIpc) is 1.69. The summed E-state index contributed by atoms with van der Waals surface area (Å²) in [6.07, 6.45) is 2.51. The molecule has 0 bridgehead atoms. The summed E-state index contributed by atoms with van der Waals surface area (Å²) in [4.78, 5) is 0. The molecule has 0 amide bonds. The van der Waals surface area contributed by atoms with Gasteiger partial charge < -0.3 is 0 Å². The number of hydrogen-bond donors (Lipinski definition) is 2. The number of nitrogens with one attached hydrogen (secondary N) is 2. The van der Waals surface area contributed by atoms with Gasteiger partial charge in [0.05, 0.1) is 0 Å². The van der Waals surface area contributed by atoms with E-state index in [1.165, 1.54) is 12.8 Å². The van der Waals surface area contributed by atoms with Crippen LogP contribution in [0.4, 0.5) is 0 Å². The molecule has 0 fully saturated rings. The molecule has 0 aliphatic carbocycles. The van der Waals surface area contributed by atoms with Crippen molar-refractivity contribution in [3.05, 3.63) is 0 Å². The quantitative estimate of drug-likeness (QED) is 0.399. The van der Waals surface area contributed by atoms with Gasteiger partial charge in [0.15, 0.2) is 0 Å². The van der Waals surface area contributed by atoms with Gasteiger partial charge in [-0.3, -0.25) is 10.9 Å². The van der Waals surface area contributed by atoms with Crippen LogP contribution in [0.25, 0.3) is 0 Å². The van der Waals surface area contributed by atoms with Gasteiger partial charge in [0.1, 0.15) is 0 Å². The molecule has 7 heavy (non-hydrogen) atoms. The van der Waals surface area contributed by atoms with Gasteiger partial charge in [-0.25, -0.2) is 0 Å². The first kappa shape index (κ1) is 6.92. The molecular weight excluding hydrogens is 88.1 g/mol. The summed E-state index contributed by atoms with van der Waals surface area (Å²) < 4.78 is 0. The van der Waals surface area contributed by atoms with Crippen molar-refractivity contribution in [3.8, 4) is 0 Å². The average molecular weight is 102 g/mol. The standard InChI is InChI=1S/C5H14N2/c1-3-4-5-7-6-2/h6-7H,3-5H2,1-2H3. The van der Waals surface area contributed by atoms with Gasteiger partial charge in [-0.2, -0.15) is 0 Å². The third-order valence-corrected chi connectivity index (χ3v) is 0.832. The zero-order chi connectivity index (χ0) is 5.54. The number of hydrogen-bond acceptors (Lipinski definition) is 2. The van der Waals surface area contributed by atoms with Gasteiger partial charge in [-0.05, 0) is 13.5 Å². The zero-order valence-electron chi connectivity index (χ0n) is 5.12. The molecular formula is C5H14N2. The lowest BCUT2D eigenvalue weighted by Gasteiger charge is -1.97. The molecule has 2 heteroatoms. The monoisotopic (exact) mass is 102 g/mol. The molecule has 0 aromatic carbocycles. The van der Waals surface area contributed by atoms with Crippen molar-refractivity contribution in [1.29, 1.82) is 0 Å². The first-order valence-corrected chi connectivity index (χ1v) is 2.81. The van der Waals surface area contributed by atoms with E-state index in [0.29, 0.717) is 0 Å². The van der Waals surface area contributed by atoms with E-state index >= 15 is 0 Å². The van der Waals surface area contributed by atoms with Gasteiger partial charge in [0.25, 0.3) is 0 Å². The minimum atomic E-state index is 1.08. The predicted molar refractivity (Wildman–Crippen MR) is 32.0 cm³/mol. The summed E-state index contributed by atoms with van der Waals surface area (Å²) in [6.45, 7) is 3.25. The molecule has 0 saturated heterocycles. The Hall–Kier alpha value is -0.0800. The molecule has 0 spiro atoms. The summed E-state index contributed by atoms with van der Waals surface area (Å²) in [5.41, 5.74) is 5.85. The van der Waals surface area contributed by atoms with Crippen molar-refractivity contribution in [2.45, 2.75) is 19.8 Å². The van der Waals surface area contributed by atoms with Crippen molar-refractivity contribution >= 4 is 0 Å². The molecule has 0 heterocycles. The van der Waals surface area contributed by atoms with Crippen molar-refractivity contribution in [1.82, 2.24) is 10.9 Å². The highest BCUT2D eigenvalue weighted by Crippen LogP contribution is 1.79. The molecule has 0 radical (unpaired) electrons. The van der Waals surface area contributed by atoms with E-state index in [1.54, 1.807) is 0 Å². The fourth-order valence-electron chi connectivity index (χ4n) is 0.390. The Kier molecular flexibility index (Phi) is 5.85. The van der Waals surface area contributed by atoms with Gasteiger partial charge in [0.2, 0.25) is 0 Å². The van der Waals surface area contributed by atoms with Crippen LogP contribution in [0.5, 0.6) is 0 Å². The molecule has 0 saturated carbocycles. The van der Waals surface area contributed by atoms with Crippen LogP contribution in [-0.2, 0) is 0 Å². The van der Waals surface area contributed by atoms with E-state index in [-0.39, 0.29) is 0 Å². The molecule has 0 rings (SSSR count). The zero-order valence-corrected chi connectivity index (χ0v) is 5.12. The van der Waals surface area contributed by atoms with E-state index < -0.39 is 0 Å². The summed E-state index contributed by atoms with van der Waals surface area (Å²) in [7, 11) is 1.88. The molecule has 0 unspecified atom stereocenters. The van der Waals surface area contributed by atoms with Crippen molar-refractivity contribution in [2.24, 2.45) is 0 Å². The minimum Gasteiger partial charge on any atom is -0.261 e. The molecule has 0 aliphatic heterocycles. The Bertz CT molecular complexity index is 25.3. The van der Waals surface area contributed by atoms with Crippen molar-refractivity contribution < 1.29 is 0 Å². The third kappa shape index (κ3) is 5.92. The second kappa shape index (κ2) is 5.92. The Balaban J connectivity index is 2.45. The topological polar surface area (TPSA) is 24.1 Å². The molecule has 44 valence electrons. The molecule has 0 atom stereocenters. The lowest BCUT2D eigenvalue weighted by atomic mass is 10.3. The first-order valence-electron chi connectivity index (χ1n) is 2.81. The maximum Gasteiger partial charge on any atom is 0.00995 e. The van der Waals surface area contributed by atoms with Crippen LogP contribution in [0, 0.1) is 0 Å². The maximum absolute atomic E-state index is 3.00. The van der Waals surface area contributed by atoms with Crippen LogP contribution in [0.1, 0.15) is 19.8 Å². The molecule has 0 aromatic heterocycles. The Morgan fingerprint density at radius 2 is 2.14 bits per heavy atom. The van der Waals surface area contributed by atoms with E-state index in [9.17, 15) is 0 Å². The highest BCUT2D eigenvalue weighted by Gasteiger charge is 1.76. The summed E-state index contributed by atoms with van der Waals surface area (Å²) in [6, 6.07) is 0. The van der Waals surface area contributed by atoms with E-state index in [2.05, 4.69) is 17.8 Å². The second-order valence-electron chi connectivity index (χ2n) is 1.53. The molecule has 0 aromatic rings. The largest absolute Gasteiger partial charge is 0.261 e. The van der Waals surface area contributed by atoms with E-state index in [4.69, 9.17) is 0 Å². The van der Waals surface area contributed by atoms with E-state index in [0.717, 1.165) is 6.54 Å². The normalized spacial score (nSPS) is 9.43. The Morgan fingerprint density at radius 1 is 1.43 bits per heavy atom. The highest BCUT2D eigenvalue weighted by atomic mass is 15.3. The lowest BCUT2D eigenvalue weighted by Crippen LogP contribution is -2.28. The third-order valence-electron chi connectivity index (χ3n) is 0.832. The maximum atomic E-state index is 3.00. The summed E-state index contributed by atoms with van der Waals surface area (Å²) in [5, 5.41) is 0. The number of unbranched alkanes of at least 4 members (excludes halogenated alkanes) is 1. The fourth-order valence-corrected chi connectivity index (χ4v) is 0.390. The minimum absolute atomic E-state index is 1.08. The Labute approximate surface area is 45.3 Å². The van der Waals surface area contributed by atoms with Gasteiger partial charge >= 0.3 is 0 Å². The van der Waals surface area contributed by atoms with E-state index in [1.807, 2.05) is 7.05 Å². The SMILES string of the molecule is CCCCNNC. The first-order chi connectivity index (χ1) is 3.41. The number of rotatable bonds is 4. The fraction of sp³-hybridized carbons (Fsp3) is 1.00. The smallest absolute Gasteiger partial charge is 0.00995 e. The number of hydrazine groups is 1. The van der Waals surface area contributed by atoms with Gasteiger partial charge in [0, 0.05) is 6.54 Å². The predicted octanol–water partition coefficient (Wildman–Crippen LogP) is 0.511. The second-order valence-corrected chi connectivity index (χ2v) is 1.53. The highest BCUT2D eigenvalue weighted by molar-refractivity contribution is 4.35.